The van der Waals surface area contributed by atoms with E-state index in [1.54, 1.807) is 23.3 Å². The van der Waals surface area contributed by atoms with Crippen molar-refractivity contribution in [3.63, 3.8) is 0 Å². The van der Waals surface area contributed by atoms with Gasteiger partial charge in [-0.05, 0) is 46.5 Å². The highest BCUT2D eigenvalue weighted by molar-refractivity contribution is 7.08. The van der Waals surface area contributed by atoms with Crippen LogP contribution in [0.4, 0.5) is 10.5 Å². The SMILES string of the molecule is CN1CC[C@H](NC(=O)Nc2cccc(-c3ccsc3)c2)C1=O. The second kappa shape index (κ2) is 6.19. The molecule has 1 fully saturated rings. The molecule has 0 aliphatic carbocycles. The van der Waals surface area contributed by atoms with E-state index < -0.39 is 6.04 Å². The van der Waals surface area contributed by atoms with Crippen LogP contribution in [0, 0.1) is 0 Å². The first-order valence-electron chi connectivity index (χ1n) is 7.08. The standard InChI is InChI=1S/C16H17N3O2S/c1-19-7-5-14(15(19)20)18-16(21)17-13-4-2-3-11(9-13)12-6-8-22-10-12/h2-4,6,8-10,14H,5,7H2,1H3,(H2,17,18,21)/t14-/m0/s1. The number of rotatable bonds is 3. The molecule has 1 aromatic carbocycles. The molecule has 3 rings (SSSR count). The van der Waals surface area contributed by atoms with E-state index in [9.17, 15) is 9.59 Å². The zero-order valence-electron chi connectivity index (χ0n) is 12.2. The maximum Gasteiger partial charge on any atom is 0.319 e. The summed E-state index contributed by atoms with van der Waals surface area (Å²) in [5.41, 5.74) is 2.89. The molecule has 0 saturated carbocycles. The molecular weight excluding hydrogens is 298 g/mol. The van der Waals surface area contributed by atoms with E-state index >= 15 is 0 Å². The second-order valence-electron chi connectivity index (χ2n) is 5.29. The Morgan fingerprint density at radius 2 is 2.18 bits per heavy atom. The van der Waals surface area contributed by atoms with E-state index in [1.165, 1.54) is 0 Å². The first-order valence-corrected chi connectivity index (χ1v) is 8.03. The van der Waals surface area contributed by atoms with Gasteiger partial charge in [0.2, 0.25) is 5.91 Å². The smallest absolute Gasteiger partial charge is 0.319 e. The van der Waals surface area contributed by atoms with Gasteiger partial charge in [0.1, 0.15) is 6.04 Å². The Kier molecular flexibility index (Phi) is 4.11. The molecule has 2 heterocycles. The summed E-state index contributed by atoms with van der Waals surface area (Å²) in [5.74, 6) is -0.0397. The van der Waals surface area contributed by atoms with Gasteiger partial charge in [-0.15, -0.1) is 0 Å². The van der Waals surface area contributed by atoms with Gasteiger partial charge in [0.25, 0.3) is 0 Å². The monoisotopic (exact) mass is 315 g/mol. The number of hydrogen-bond donors (Lipinski definition) is 2. The average molecular weight is 315 g/mol. The predicted molar refractivity (Wildman–Crippen MR) is 88.0 cm³/mol. The molecule has 1 aliphatic heterocycles. The van der Waals surface area contributed by atoms with Crippen molar-refractivity contribution in [2.45, 2.75) is 12.5 Å². The van der Waals surface area contributed by atoms with E-state index in [4.69, 9.17) is 0 Å². The van der Waals surface area contributed by atoms with Crippen LogP contribution in [0.1, 0.15) is 6.42 Å². The van der Waals surface area contributed by atoms with Crippen LogP contribution in [0.3, 0.4) is 0 Å². The Morgan fingerprint density at radius 3 is 2.86 bits per heavy atom. The van der Waals surface area contributed by atoms with Crippen molar-refractivity contribution in [2.75, 3.05) is 18.9 Å². The van der Waals surface area contributed by atoms with Crippen molar-refractivity contribution < 1.29 is 9.59 Å². The maximum atomic E-state index is 12.0. The number of hydrogen-bond acceptors (Lipinski definition) is 3. The summed E-state index contributed by atoms with van der Waals surface area (Å²) in [6, 6.07) is 8.91. The Morgan fingerprint density at radius 1 is 1.32 bits per heavy atom. The lowest BCUT2D eigenvalue weighted by Crippen LogP contribution is -2.42. The zero-order chi connectivity index (χ0) is 15.5. The lowest BCUT2D eigenvalue weighted by Gasteiger charge is -2.13. The Hall–Kier alpha value is -2.34. The number of carbonyl (C=O) groups is 2. The highest BCUT2D eigenvalue weighted by Gasteiger charge is 2.30. The van der Waals surface area contributed by atoms with Gasteiger partial charge in [0.15, 0.2) is 0 Å². The summed E-state index contributed by atoms with van der Waals surface area (Å²) in [7, 11) is 1.74. The van der Waals surface area contributed by atoms with Crippen molar-refractivity contribution >= 4 is 29.0 Å². The molecule has 0 bridgehead atoms. The summed E-state index contributed by atoms with van der Waals surface area (Å²) >= 11 is 1.63. The molecule has 1 aliphatic rings. The summed E-state index contributed by atoms with van der Waals surface area (Å²) in [6.45, 7) is 0.678. The van der Waals surface area contributed by atoms with Crippen LogP contribution in [0.15, 0.2) is 41.1 Å². The minimum absolute atomic E-state index is 0.0397. The summed E-state index contributed by atoms with van der Waals surface area (Å²) < 4.78 is 0. The molecule has 114 valence electrons. The number of carbonyl (C=O) groups excluding carboxylic acids is 2. The van der Waals surface area contributed by atoms with E-state index in [-0.39, 0.29) is 11.9 Å². The van der Waals surface area contributed by atoms with E-state index in [0.717, 1.165) is 11.1 Å². The van der Waals surface area contributed by atoms with Crippen molar-refractivity contribution in [3.05, 3.63) is 41.1 Å². The quantitative estimate of drug-likeness (QED) is 0.915. The van der Waals surface area contributed by atoms with Crippen LogP contribution in [-0.4, -0.2) is 36.5 Å². The molecule has 1 atom stereocenters. The normalized spacial score (nSPS) is 17.6. The molecule has 1 aromatic heterocycles. The minimum atomic E-state index is -0.426. The summed E-state index contributed by atoms with van der Waals surface area (Å²) in [5, 5.41) is 9.59. The molecule has 22 heavy (non-hydrogen) atoms. The van der Waals surface area contributed by atoms with E-state index in [0.29, 0.717) is 18.7 Å². The van der Waals surface area contributed by atoms with E-state index in [1.807, 2.05) is 35.7 Å². The topological polar surface area (TPSA) is 61.4 Å². The average Bonchev–Trinajstić information content (AvgIpc) is 3.14. The second-order valence-corrected chi connectivity index (χ2v) is 6.07. The van der Waals surface area contributed by atoms with Crippen LogP contribution < -0.4 is 10.6 Å². The number of urea groups is 1. The van der Waals surface area contributed by atoms with Crippen molar-refractivity contribution in [1.29, 1.82) is 0 Å². The molecule has 5 nitrogen and oxygen atoms in total. The third-order valence-corrected chi connectivity index (χ3v) is 4.39. The number of likely N-dealkylation sites (tertiary alicyclic amines) is 1. The first-order chi connectivity index (χ1) is 10.6. The van der Waals surface area contributed by atoms with Gasteiger partial charge in [0, 0.05) is 19.3 Å². The fourth-order valence-corrected chi connectivity index (χ4v) is 3.15. The van der Waals surface area contributed by atoms with E-state index in [2.05, 4.69) is 16.0 Å². The van der Waals surface area contributed by atoms with Gasteiger partial charge in [-0.25, -0.2) is 4.79 Å². The van der Waals surface area contributed by atoms with Gasteiger partial charge in [-0.2, -0.15) is 11.3 Å². The number of nitrogens with zero attached hydrogens (tertiary/aromatic N) is 1. The number of amides is 3. The van der Waals surface area contributed by atoms with Gasteiger partial charge >= 0.3 is 6.03 Å². The molecule has 0 unspecified atom stereocenters. The lowest BCUT2D eigenvalue weighted by atomic mass is 10.1. The van der Waals surface area contributed by atoms with Crippen LogP contribution in [0.5, 0.6) is 0 Å². The van der Waals surface area contributed by atoms with Crippen LogP contribution in [-0.2, 0) is 4.79 Å². The molecular formula is C16H17N3O2S. The maximum absolute atomic E-state index is 12.0. The Balaban J connectivity index is 1.65. The third-order valence-electron chi connectivity index (χ3n) is 3.71. The zero-order valence-corrected chi connectivity index (χ0v) is 13.0. The van der Waals surface area contributed by atoms with Gasteiger partial charge in [0.05, 0.1) is 0 Å². The Bertz CT molecular complexity index is 684. The molecule has 6 heteroatoms. The fraction of sp³-hybridized carbons (Fsp3) is 0.250. The van der Waals surface area contributed by atoms with Crippen LogP contribution in [0.2, 0.25) is 0 Å². The molecule has 0 spiro atoms. The highest BCUT2D eigenvalue weighted by Crippen LogP contribution is 2.24. The van der Waals surface area contributed by atoms with Gasteiger partial charge in [-0.1, -0.05) is 12.1 Å². The highest BCUT2D eigenvalue weighted by atomic mass is 32.1. The number of likely N-dealkylation sites (N-methyl/N-ethyl adjacent to an activating group) is 1. The largest absolute Gasteiger partial charge is 0.344 e. The number of thiophene rings is 1. The third kappa shape index (κ3) is 3.12. The number of anilines is 1. The van der Waals surface area contributed by atoms with Crippen molar-refractivity contribution in [3.8, 4) is 11.1 Å². The lowest BCUT2D eigenvalue weighted by molar-refractivity contribution is -0.128. The van der Waals surface area contributed by atoms with Gasteiger partial charge in [-0.3, -0.25) is 4.79 Å². The molecule has 1 saturated heterocycles. The minimum Gasteiger partial charge on any atom is -0.344 e. The number of benzene rings is 1. The Labute approximate surface area is 132 Å². The van der Waals surface area contributed by atoms with Crippen molar-refractivity contribution in [2.24, 2.45) is 0 Å². The van der Waals surface area contributed by atoms with Crippen LogP contribution in [0.25, 0.3) is 11.1 Å². The summed E-state index contributed by atoms with van der Waals surface area (Å²) in [6.07, 6.45) is 0.650. The molecule has 2 N–H and O–H groups in total. The number of nitrogens with one attached hydrogen (secondary N) is 2. The van der Waals surface area contributed by atoms with Crippen molar-refractivity contribution in [1.82, 2.24) is 10.2 Å². The first kappa shape index (κ1) is 14.6. The molecule has 2 aromatic rings. The predicted octanol–water partition coefficient (Wildman–Crippen LogP) is 2.77. The molecule has 3 amide bonds. The fourth-order valence-electron chi connectivity index (χ4n) is 2.49. The van der Waals surface area contributed by atoms with Crippen LogP contribution >= 0.6 is 11.3 Å². The molecule has 0 radical (unpaired) electrons. The summed E-state index contributed by atoms with van der Waals surface area (Å²) in [4.78, 5) is 25.4. The van der Waals surface area contributed by atoms with Gasteiger partial charge < -0.3 is 15.5 Å².